The topological polar surface area (TPSA) is 46.5 Å². The fourth-order valence-corrected chi connectivity index (χ4v) is 2.30. The number of ether oxygens (including phenoxy) is 1. The largest absolute Gasteiger partial charge is 0.460 e. The number of alkyl halides is 1. The third-order valence-electron chi connectivity index (χ3n) is 2.43. The number of aliphatic hydroxyl groups excluding tert-OH is 1. The van der Waals surface area contributed by atoms with E-state index in [0.29, 0.717) is 0 Å². The molecule has 1 aromatic rings. The molecular weight excluding hydrogens is 331 g/mol. The van der Waals surface area contributed by atoms with Crippen molar-refractivity contribution in [1.29, 1.82) is 0 Å². The van der Waals surface area contributed by atoms with Gasteiger partial charge in [0.05, 0.1) is 6.10 Å². The summed E-state index contributed by atoms with van der Waals surface area (Å²) in [6.07, 6.45) is -0.668. The molecule has 1 rings (SSSR count). The van der Waals surface area contributed by atoms with E-state index < -0.39 is 10.0 Å². The third-order valence-corrected chi connectivity index (χ3v) is 3.68. The molecule has 0 aliphatic rings. The zero-order valence-electron chi connectivity index (χ0n) is 9.97. The van der Waals surface area contributed by atoms with Gasteiger partial charge < -0.3 is 9.84 Å². The van der Waals surface area contributed by atoms with Crippen LogP contribution in [-0.2, 0) is 16.1 Å². The highest BCUT2D eigenvalue weighted by atomic mass is 127. The minimum atomic E-state index is -0.668. The molecule has 0 amide bonds. The maximum atomic E-state index is 11.7. The summed E-state index contributed by atoms with van der Waals surface area (Å²) in [5, 5.41) is 9.75. The Morgan fingerprint density at radius 1 is 1.35 bits per heavy atom. The molecule has 0 spiro atoms. The zero-order chi connectivity index (χ0) is 12.8. The van der Waals surface area contributed by atoms with E-state index in [9.17, 15) is 9.90 Å². The maximum Gasteiger partial charge on any atom is 0.321 e. The molecule has 1 N–H and O–H groups in total. The van der Waals surface area contributed by atoms with Crippen molar-refractivity contribution in [3.63, 3.8) is 0 Å². The molecule has 0 bridgehead atoms. The molecule has 3 nitrogen and oxygen atoms in total. The van der Waals surface area contributed by atoms with Crippen molar-refractivity contribution in [2.24, 2.45) is 5.92 Å². The van der Waals surface area contributed by atoms with Crippen LogP contribution in [0, 0.1) is 5.92 Å². The predicted octanol–water partition coefficient (Wildman–Crippen LogP) is 2.55. The van der Waals surface area contributed by atoms with Crippen LogP contribution in [-0.4, -0.2) is 21.1 Å². The van der Waals surface area contributed by atoms with Crippen molar-refractivity contribution in [2.75, 3.05) is 0 Å². The first-order valence-electron chi connectivity index (χ1n) is 5.55. The average molecular weight is 348 g/mol. The van der Waals surface area contributed by atoms with Gasteiger partial charge in [-0.1, -0.05) is 66.8 Å². The first-order chi connectivity index (χ1) is 8.02. The normalized spacial score (nSPS) is 14.4. The zero-order valence-corrected chi connectivity index (χ0v) is 12.1. The lowest BCUT2D eigenvalue weighted by atomic mass is 10.0. The second kappa shape index (κ2) is 6.96. The van der Waals surface area contributed by atoms with Gasteiger partial charge in [-0.05, 0) is 11.5 Å². The number of carbonyl (C=O) groups excluding carboxylic acids is 1. The number of esters is 1. The Hall–Kier alpha value is -0.620. The Morgan fingerprint density at radius 2 is 1.94 bits per heavy atom. The molecule has 0 heterocycles. The van der Waals surface area contributed by atoms with Crippen LogP contribution in [0.2, 0.25) is 0 Å². The van der Waals surface area contributed by atoms with Crippen LogP contribution in [0.5, 0.6) is 0 Å². The molecule has 0 saturated heterocycles. The first kappa shape index (κ1) is 14.4. The molecule has 0 saturated carbocycles. The molecule has 0 aromatic heterocycles. The number of carbonyl (C=O) groups is 1. The van der Waals surface area contributed by atoms with Gasteiger partial charge in [0.25, 0.3) is 0 Å². The van der Waals surface area contributed by atoms with Gasteiger partial charge in [0.2, 0.25) is 0 Å². The standard InChI is InChI=1S/C13H17IO3/c1-9(2)12(15)11(14)13(16)17-8-10-6-4-3-5-7-10/h3-7,9,11-12,15H,8H2,1-2H3/t11-,12+/m1/s1. The third kappa shape index (κ3) is 4.63. The Morgan fingerprint density at radius 3 is 2.47 bits per heavy atom. The maximum absolute atomic E-state index is 11.7. The van der Waals surface area contributed by atoms with E-state index in [-0.39, 0.29) is 18.5 Å². The summed E-state index contributed by atoms with van der Waals surface area (Å²) in [7, 11) is 0. The van der Waals surface area contributed by atoms with Crippen LogP contribution >= 0.6 is 22.6 Å². The summed E-state index contributed by atoms with van der Waals surface area (Å²) in [6.45, 7) is 4.01. The SMILES string of the molecule is CC(C)[C@H](O)[C@@H](I)C(=O)OCc1ccccc1. The fraction of sp³-hybridized carbons (Fsp3) is 0.462. The molecule has 0 radical (unpaired) electrons. The van der Waals surface area contributed by atoms with E-state index in [0.717, 1.165) is 5.56 Å². The Balaban J connectivity index is 2.45. The molecular formula is C13H17IO3. The number of halogens is 1. The Labute approximate surface area is 115 Å². The second-order valence-electron chi connectivity index (χ2n) is 4.23. The highest BCUT2D eigenvalue weighted by Gasteiger charge is 2.27. The summed E-state index contributed by atoms with van der Waals surface area (Å²) < 4.78 is 4.64. The molecule has 0 aliphatic carbocycles. The number of hydrogen-bond acceptors (Lipinski definition) is 3. The van der Waals surface area contributed by atoms with Crippen LogP contribution in [0.3, 0.4) is 0 Å². The number of hydrogen-bond donors (Lipinski definition) is 1. The van der Waals surface area contributed by atoms with Gasteiger partial charge in [0, 0.05) is 0 Å². The van der Waals surface area contributed by atoms with Crippen molar-refractivity contribution in [3.8, 4) is 0 Å². The number of rotatable bonds is 5. The summed E-state index contributed by atoms with van der Waals surface area (Å²) in [4.78, 5) is 11.7. The molecule has 0 unspecified atom stereocenters. The van der Waals surface area contributed by atoms with Crippen LogP contribution in [0.1, 0.15) is 19.4 Å². The molecule has 1 aromatic carbocycles. The van der Waals surface area contributed by atoms with Crippen molar-refractivity contribution in [1.82, 2.24) is 0 Å². The van der Waals surface area contributed by atoms with Crippen molar-refractivity contribution < 1.29 is 14.6 Å². The van der Waals surface area contributed by atoms with Crippen molar-refractivity contribution >= 4 is 28.6 Å². The number of aliphatic hydroxyl groups is 1. The van der Waals surface area contributed by atoms with Gasteiger partial charge in [-0.15, -0.1) is 0 Å². The first-order valence-corrected chi connectivity index (χ1v) is 6.79. The van der Waals surface area contributed by atoms with Gasteiger partial charge in [-0.3, -0.25) is 4.79 Å². The van der Waals surface area contributed by atoms with Gasteiger partial charge in [-0.25, -0.2) is 0 Å². The highest BCUT2D eigenvalue weighted by molar-refractivity contribution is 14.1. The van der Waals surface area contributed by atoms with Crippen LogP contribution in [0.25, 0.3) is 0 Å². The number of benzene rings is 1. The summed E-state index contributed by atoms with van der Waals surface area (Å²) in [6, 6.07) is 9.50. The van der Waals surface area contributed by atoms with Crippen LogP contribution in [0.4, 0.5) is 0 Å². The second-order valence-corrected chi connectivity index (χ2v) is 5.57. The van der Waals surface area contributed by atoms with Gasteiger partial charge in [0.1, 0.15) is 10.5 Å². The molecule has 4 heteroatoms. The van der Waals surface area contributed by atoms with Crippen molar-refractivity contribution in [3.05, 3.63) is 35.9 Å². The van der Waals surface area contributed by atoms with Crippen LogP contribution < -0.4 is 0 Å². The monoisotopic (exact) mass is 348 g/mol. The van der Waals surface area contributed by atoms with E-state index in [1.807, 2.05) is 66.8 Å². The quantitative estimate of drug-likeness (QED) is 0.505. The Bertz CT molecular complexity index is 351. The minimum absolute atomic E-state index is 0.0428. The van der Waals surface area contributed by atoms with Gasteiger partial charge in [0.15, 0.2) is 0 Å². The molecule has 17 heavy (non-hydrogen) atoms. The summed E-state index contributed by atoms with van der Waals surface area (Å²) >= 11 is 1.93. The molecule has 0 aliphatic heterocycles. The Kier molecular flexibility index (Phi) is 5.91. The summed E-state index contributed by atoms with van der Waals surface area (Å²) in [5.74, 6) is -0.322. The van der Waals surface area contributed by atoms with Gasteiger partial charge >= 0.3 is 5.97 Å². The van der Waals surface area contributed by atoms with Gasteiger partial charge in [-0.2, -0.15) is 0 Å². The highest BCUT2D eigenvalue weighted by Crippen LogP contribution is 2.16. The average Bonchev–Trinajstić information content (AvgIpc) is 2.35. The lowest BCUT2D eigenvalue weighted by molar-refractivity contribution is -0.146. The van der Waals surface area contributed by atoms with Crippen LogP contribution in [0.15, 0.2) is 30.3 Å². The predicted molar refractivity (Wildman–Crippen MR) is 74.9 cm³/mol. The lowest BCUT2D eigenvalue weighted by Crippen LogP contribution is -2.33. The van der Waals surface area contributed by atoms with E-state index in [4.69, 9.17) is 4.74 Å². The summed E-state index contributed by atoms with van der Waals surface area (Å²) in [5.41, 5.74) is 0.948. The molecule has 0 fully saturated rings. The smallest absolute Gasteiger partial charge is 0.321 e. The lowest BCUT2D eigenvalue weighted by Gasteiger charge is -2.19. The van der Waals surface area contributed by atoms with Crippen molar-refractivity contribution in [2.45, 2.75) is 30.5 Å². The van der Waals surface area contributed by atoms with E-state index in [1.165, 1.54) is 0 Å². The fourth-order valence-electron chi connectivity index (χ4n) is 1.29. The minimum Gasteiger partial charge on any atom is -0.460 e. The van der Waals surface area contributed by atoms with E-state index in [1.54, 1.807) is 0 Å². The van der Waals surface area contributed by atoms with E-state index >= 15 is 0 Å². The van der Waals surface area contributed by atoms with E-state index in [2.05, 4.69) is 0 Å². The molecule has 2 atom stereocenters. The molecule has 94 valence electrons.